The standard InChI is InChI=1S/C19H23N3O3/c1-11-9-22-17(24-11)16(25-18(20)23)15(19(2,3)4)13-10-21-14-8-6-5-7-12(13)14/h5-10,15-16,21H,1-4H3,(H2,20,23)/t15-,16?/m1/s1. The number of carbonyl (C=O) groups is 1. The van der Waals surface area contributed by atoms with Gasteiger partial charge >= 0.3 is 6.09 Å². The highest BCUT2D eigenvalue weighted by Crippen LogP contribution is 2.47. The van der Waals surface area contributed by atoms with Crippen molar-refractivity contribution < 1.29 is 13.9 Å². The van der Waals surface area contributed by atoms with Crippen molar-refractivity contribution in [3.63, 3.8) is 0 Å². The van der Waals surface area contributed by atoms with E-state index in [0.717, 1.165) is 16.5 Å². The van der Waals surface area contributed by atoms with Crippen LogP contribution >= 0.6 is 0 Å². The highest BCUT2D eigenvalue weighted by atomic mass is 16.6. The number of H-pyrrole nitrogens is 1. The van der Waals surface area contributed by atoms with Crippen molar-refractivity contribution in [3.8, 4) is 0 Å². The lowest BCUT2D eigenvalue weighted by atomic mass is 9.73. The molecule has 0 fully saturated rings. The van der Waals surface area contributed by atoms with Gasteiger partial charge in [0, 0.05) is 23.0 Å². The van der Waals surface area contributed by atoms with E-state index in [-0.39, 0.29) is 11.3 Å². The SMILES string of the molecule is Cc1cnc(C(OC(N)=O)[C@@H](c2c[nH]c3ccccc23)C(C)(C)C)o1. The van der Waals surface area contributed by atoms with E-state index >= 15 is 0 Å². The number of aromatic nitrogens is 2. The Balaban J connectivity index is 2.17. The second-order valence-corrected chi connectivity index (χ2v) is 7.30. The van der Waals surface area contributed by atoms with Gasteiger partial charge in [-0.1, -0.05) is 39.0 Å². The summed E-state index contributed by atoms with van der Waals surface area (Å²) in [4.78, 5) is 19.1. The Morgan fingerprint density at radius 1 is 1.32 bits per heavy atom. The van der Waals surface area contributed by atoms with Gasteiger partial charge in [0.25, 0.3) is 0 Å². The molecule has 2 atom stereocenters. The number of carbonyl (C=O) groups excluding carboxylic acids is 1. The third-order valence-electron chi connectivity index (χ3n) is 4.32. The van der Waals surface area contributed by atoms with Crippen LogP contribution in [0.1, 0.15) is 50.0 Å². The first kappa shape index (κ1) is 17.1. The van der Waals surface area contributed by atoms with Crippen LogP contribution in [-0.2, 0) is 4.74 Å². The Labute approximate surface area is 146 Å². The van der Waals surface area contributed by atoms with Crippen molar-refractivity contribution in [1.29, 1.82) is 0 Å². The number of benzene rings is 1. The fourth-order valence-electron chi connectivity index (χ4n) is 3.32. The third kappa shape index (κ3) is 3.38. The first-order chi connectivity index (χ1) is 11.8. The first-order valence-corrected chi connectivity index (χ1v) is 8.22. The Kier molecular flexibility index (Phi) is 4.29. The number of nitrogens with two attached hydrogens (primary N) is 1. The summed E-state index contributed by atoms with van der Waals surface area (Å²) in [6.07, 6.45) is 2.00. The Morgan fingerprint density at radius 3 is 2.64 bits per heavy atom. The number of hydrogen-bond donors (Lipinski definition) is 2. The molecule has 3 N–H and O–H groups in total. The van der Waals surface area contributed by atoms with Crippen LogP contribution in [0, 0.1) is 12.3 Å². The van der Waals surface area contributed by atoms with Gasteiger partial charge in [-0.15, -0.1) is 0 Å². The van der Waals surface area contributed by atoms with Crippen LogP contribution in [0.3, 0.4) is 0 Å². The van der Waals surface area contributed by atoms with E-state index in [2.05, 4.69) is 30.7 Å². The molecule has 0 aliphatic rings. The summed E-state index contributed by atoms with van der Waals surface area (Å²) < 4.78 is 11.2. The summed E-state index contributed by atoms with van der Waals surface area (Å²) in [5.41, 5.74) is 7.16. The molecule has 1 aromatic carbocycles. The number of aryl methyl sites for hydroxylation is 1. The first-order valence-electron chi connectivity index (χ1n) is 8.22. The number of para-hydroxylation sites is 1. The normalized spacial score (nSPS) is 14.4. The average molecular weight is 341 g/mol. The van der Waals surface area contributed by atoms with Gasteiger partial charge in [-0.2, -0.15) is 0 Å². The molecule has 0 radical (unpaired) electrons. The van der Waals surface area contributed by atoms with Crippen LogP contribution in [0.2, 0.25) is 0 Å². The minimum absolute atomic E-state index is 0.200. The van der Waals surface area contributed by atoms with Crippen molar-refractivity contribution in [2.45, 2.75) is 39.7 Å². The molecule has 0 bridgehead atoms. The molecule has 3 rings (SSSR count). The molecule has 6 heteroatoms. The van der Waals surface area contributed by atoms with Crippen LogP contribution < -0.4 is 5.73 Å². The largest absolute Gasteiger partial charge is 0.442 e. The van der Waals surface area contributed by atoms with E-state index in [1.807, 2.05) is 30.5 Å². The lowest BCUT2D eigenvalue weighted by molar-refractivity contribution is 0.0407. The van der Waals surface area contributed by atoms with Crippen molar-refractivity contribution >= 4 is 17.0 Å². The molecule has 132 valence electrons. The summed E-state index contributed by atoms with van der Waals surface area (Å²) >= 11 is 0. The molecule has 6 nitrogen and oxygen atoms in total. The fraction of sp³-hybridized carbons (Fsp3) is 0.368. The molecule has 0 aliphatic heterocycles. The van der Waals surface area contributed by atoms with Crippen LogP contribution in [0.4, 0.5) is 4.79 Å². The van der Waals surface area contributed by atoms with Crippen LogP contribution in [0.15, 0.2) is 41.1 Å². The molecule has 3 aromatic rings. The lowest BCUT2D eigenvalue weighted by Gasteiger charge is -2.34. The van der Waals surface area contributed by atoms with Crippen LogP contribution in [0.25, 0.3) is 10.9 Å². The third-order valence-corrected chi connectivity index (χ3v) is 4.32. The van der Waals surface area contributed by atoms with E-state index in [1.54, 1.807) is 13.1 Å². The molecule has 0 spiro atoms. The summed E-state index contributed by atoms with van der Waals surface area (Å²) in [5, 5.41) is 1.07. The summed E-state index contributed by atoms with van der Waals surface area (Å²) in [7, 11) is 0. The number of rotatable bonds is 4. The van der Waals surface area contributed by atoms with E-state index < -0.39 is 12.2 Å². The number of fused-ring (bicyclic) bond motifs is 1. The Bertz CT molecular complexity index is 889. The number of ether oxygens (including phenoxy) is 1. The predicted molar refractivity (Wildman–Crippen MR) is 95.1 cm³/mol. The lowest BCUT2D eigenvalue weighted by Crippen LogP contribution is -2.30. The van der Waals surface area contributed by atoms with Gasteiger partial charge in [0.1, 0.15) is 5.76 Å². The molecule has 0 saturated heterocycles. The highest BCUT2D eigenvalue weighted by molar-refractivity contribution is 5.84. The molecule has 0 aliphatic carbocycles. The molecular formula is C19H23N3O3. The minimum Gasteiger partial charge on any atom is -0.442 e. The highest BCUT2D eigenvalue weighted by Gasteiger charge is 2.40. The molecule has 0 saturated carbocycles. The maximum atomic E-state index is 11.6. The number of primary amides is 1. The summed E-state index contributed by atoms with van der Waals surface area (Å²) in [6.45, 7) is 8.07. The van der Waals surface area contributed by atoms with E-state index in [9.17, 15) is 4.79 Å². The summed E-state index contributed by atoms with van der Waals surface area (Å²) in [6, 6.07) is 8.02. The maximum absolute atomic E-state index is 11.6. The van der Waals surface area contributed by atoms with E-state index in [0.29, 0.717) is 11.7 Å². The van der Waals surface area contributed by atoms with Gasteiger partial charge in [-0.05, 0) is 24.0 Å². The van der Waals surface area contributed by atoms with Gasteiger partial charge in [-0.25, -0.2) is 9.78 Å². The molecule has 1 unspecified atom stereocenters. The van der Waals surface area contributed by atoms with Crippen LogP contribution in [0.5, 0.6) is 0 Å². The predicted octanol–water partition coefficient (Wildman–Crippen LogP) is 4.43. The molecule has 25 heavy (non-hydrogen) atoms. The average Bonchev–Trinajstić information content (AvgIpc) is 3.12. The topological polar surface area (TPSA) is 94.1 Å². The number of nitrogens with one attached hydrogen (secondary N) is 1. The monoisotopic (exact) mass is 341 g/mol. The number of aromatic amines is 1. The van der Waals surface area contributed by atoms with Crippen molar-refractivity contribution in [2.24, 2.45) is 11.1 Å². The Morgan fingerprint density at radius 2 is 2.04 bits per heavy atom. The molecule has 2 heterocycles. The van der Waals surface area contributed by atoms with Gasteiger partial charge in [0.2, 0.25) is 5.89 Å². The second kappa shape index (κ2) is 6.27. The second-order valence-electron chi connectivity index (χ2n) is 7.30. The number of hydrogen-bond acceptors (Lipinski definition) is 4. The van der Waals surface area contributed by atoms with Gasteiger partial charge in [-0.3, -0.25) is 0 Å². The van der Waals surface area contributed by atoms with Crippen LogP contribution in [-0.4, -0.2) is 16.1 Å². The number of nitrogens with zero attached hydrogens (tertiary/aromatic N) is 1. The zero-order chi connectivity index (χ0) is 18.2. The van der Waals surface area contributed by atoms with Crippen molar-refractivity contribution in [2.75, 3.05) is 0 Å². The minimum atomic E-state index is -0.852. The van der Waals surface area contributed by atoms with Gasteiger partial charge in [0.05, 0.1) is 6.20 Å². The zero-order valence-electron chi connectivity index (χ0n) is 14.9. The molecule has 1 amide bonds. The van der Waals surface area contributed by atoms with E-state index in [4.69, 9.17) is 14.9 Å². The Hall–Kier alpha value is -2.76. The van der Waals surface area contributed by atoms with Gasteiger partial charge < -0.3 is 19.9 Å². The number of amides is 1. The molecular weight excluding hydrogens is 318 g/mol. The number of oxazole rings is 1. The fourth-order valence-corrected chi connectivity index (χ4v) is 3.32. The van der Waals surface area contributed by atoms with Crippen molar-refractivity contribution in [1.82, 2.24) is 9.97 Å². The van der Waals surface area contributed by atoms with Crippen molar-refractivity contribution in [3.05, 3.63) is 53.9 Å². The molecule has 2 aromatic heterocycles. The quantitative estimate of drug-likeness (QED) is 0.734. The smallest absolute Gasteiger partial charge is 0.405 e. The maximum Gasteiger partial charge on any atom is 0.405 e. The van der Waals surface area contributed by atoms with Gasteiger partial charge in [0.15, 0.2) is 6.10 Å². The van der Waals surface area contributed by atoms with E-state index in [1.165, 1.54) is 0 Å². The summed E-state index contributed by atoms with van der Waals surface area (Å²) in [5.74, 6) is 0.801. The zero-order valence-corrected chi connectivity index (χ0v) is 14.9.